The standard InChI is InChI=1S/C16H16F4N6O2/c17-12-7-3-22-15(27)11(7)14(26-4-10(23-6-26)16(18,19)20)25-13(12)24-9-1-2-28-5-8(9)21/h3-4,6,8-9,22,24,27H,1-2,5,21H2/t8-,9+/m0/s1. The molecule has 0 spiro atoms. The summed E-state index contributed by atoms with van der Waals surface area (Å²) in [6.45, 7) is 0.722. The molecule has 0 bridgehead atoms. The van der Waals surface area contributed by atoms with Crippen molar-refractivity contribution >= 4 is 16.6 Å². The minimum Gasteiger partial charge on any atom is -0.494 e. The van der Waals surface area contributed by atoms with Crippen LogP contribution in [0.2, 0.25) is 0 Å². The van der Waals surface area contributed by atoms with Crippen LogP contribution in [0, 0.1) is 5.82 Å². The Hall–Kier alpha value is -2.86. The number of H-pyrrole nitrogens is 1. The van der Waals surface area contributed by atoms with Gasteiger partial charge in [0.1, 0.15) is 6.33 Å². The molecular formula is C16H16F4N6O2. The van der Waals surface area contributed by atoms with Crippen LogP contribution in [0.4, 0.5) is 23.4 Å². The molecule has 4 heterocycles. The number of anilines is 1. The summed E-state index contributed by atoms with van der Waals surface area (Å²) in [6.07, 6.45) is -1.31. The molecule has 0 radical (unpaired) electrons. The zero-order valence-corrected chi connectivity index (χ0v) is 14.3. The van der Waals surface area contributed by atoms with E-state index in [9.17, 15) is 22.7 Å². The van der Waals surface area contributed by atoms with Crippen LogP contribution in [0.15, 0.2) is 18.7 Å². The number of imidazole rings is 1. The zero-order chi connectivity index (χ0) is 20.1. The summed E-state index contributed by atoms with van der Waals surface area (Å²) in [6, 6.07) is -0.735. The summed E-state index contributed by atoms with van der Waals surface area (Å²) in [5.74, 6) is -1.48. The van der Waals surface area contributed by atoms with Crippen LogP contribution in [0.1, 0.15) is 12.1 Å². The monoisotopic (exact) mass is 400 g/mol. The van der Waals surface area contributed by atoms with Gasteiger partial charge in [0.25, 0.3) is 0 Å². The van der Waals surface area contributed by atoms with E-state index in [1.807, 2.05) is 0 Å². The Bertz CT molecular complexity index is 1010. The highest BCUT2D eigenvalue weighted by Crippen LogP contribution is 2.35. The number of pyridine rings is 1. The zero-order valence-electron chi connectivity index (χ0n) is 14.3. The van der Waals surface area contributed by atoms with E-state index in [-0.39, 0.29) is 35.1 Å². The number of hydrogen-bond donors (Lipinski definition) is 4. The molecule has 1 saturated heterocycles. The second-order valence-electron chi connectivity index (χ2n) is 6.47. The van der Waals surface area contributed by atoms with Gasteiger partial charge in [-0.1, -0.05) is 0 Å². The molecule has 0 saturated carbocycles. The number of nitrogens with two attached hydrogens (primary N) is 1. The van der Waals surface area contributed by atoms with Crippen molar-refractivity contribution in [1.82, 2.24) is 19.5 Å². The maximum atomic E-state index is 14.9. The van der Waals surface area contributed by atoms with E-state index in [4.69, 9.17) is 10.5 Å². The second kappa shape index (κ2) is 6.63. The van der Waals surface area contributed by atoms with Gasteiger partial charge in [0.05, 0.1) is 12.0 Å². The number of ether oxygens (including phenoxy) is 1. The fourth-order valence-electron chi connectivity index (χ4n) is 3.13. The number of aromatic hydroxyl groups is 1. The topological polar surface area (TPSA) is 114 Å². The number of nitrogens with zero attached hydrogens (tertiary/aromatic N) is 3. The van der Waals surface area contributed by atoms with E-state index >= 15 is 0 Å². The van der Waals surface area contributed by atoms with Gasteiger partial charge in [-0.05, 0) is 6.42 Å². The first kappa shape index (κ1) is 18.5. The Labute approximate surface area is 155 Å². The number of hydrogen-bond acceptors (Lipinski definition) is 6. The fraction of sp³-hybridized carbons (Fsp3) is 0.375. The maximum Gasteiger partial charge on any atom is 0.434 e. The minimum absolute atomic E-state index is 0.0344. The van der Waals surface area contributed by atoms with E-state index in [1.165, 1.54) is 6.20 Å². The number of nitrogens with one attached hydrogen (secondary N) is 2. The van der Waals surface area contributed by atoms with Gasteiger partial charge in [-0.2, -0.15) is 13.2 Å². The molecule has 0 unspecified atom stereocenters. The van der Waals surface area contributed by atoms with Gasteiger partial charge in [-0.15, -0.1) is 0 Å². The van der Waals surface area contributed by atoms with Gasteiger partial charge in [0.2, 0.25) is 0 Å². The Morgan fingerprint density at radius 2 is 2.18 bits per heavy atom. The molecule has 5 N–H and O–H groups in total. The third-order valence-corrected chi connectivity index (χ3v) is 4.59. The van der Waals surface area contributed by atoms with Crippen LogP contribution >= 0.6 is 0 Å². The summed E-state index contributed by atoms with van der Waals surface area (Å²) in [5, 5.41) is 12.8. The molecule has 8 nitrogen and oxygen atoms in total. The molecule has 12 heteroatoms. The van der Waals surface area contributed by atoms with E-state index in [0.29, 0.717) is 13.0 Å². The SMILES string of the molecule is N[C@H]1COCC[C@H]1Nc1nc(-n2cnc(C(F)(F)F)c2)c2c(O)[nH]cc2c1F. The van der Waals surface area contributed by atoms with Crippen LogP contribution in [0.25, 0.3) is 16.6 Å². The molecule has 0 amide bonds. The van der Waals surface area contributed by atoms with Crippen molar-refractivity contribution in [2.75, 3.05) is 18.5 Å². The number of fused-ring (bicyclic) bond motifs is 1. The smallest absolute Gasteiger partial charge is 0.434 e. The molecule has 2 atom stereocenters. The van der Waals surface area contributed by atoms with Crippen LogP contribution in [-0.2, 0) is 10.9 Å². The highest BCUT2D eigenvalue weighted by atomic mass is 19.4. The van der Waals surface area contributed by atoms with Gasteiger partial charge >= 0.3 is 6.18 Å². The lowest BCUT2D eigenvalue weighted by Crippen LogP contribution is -2.47. The van der Waals surface area contributed by atoms with Crippen molar-refractivity contribution in [2.45, 2.75) is 24.7 Å². The van der Waals surface area contributed by atoms with Crippen molar-refractivity contribution in [2.24, 2.45) is 5.73 Å². The highest BCUT2D eigenvalue weighted by Gasteiger charge is 2.34. The van der Waals surface area contributed by atoms with Gasteiger partial charge in [0.15, 0.2) is 29.0 Å². The van der Waals surface area contributed by atoms with Crippen LogP contribution in [-0.4, -0.2) is 49.9 Å². The largest absolute Gasteiger partial charge is 0.494 e. The Morgan fingerprint density at radius 3 is 2.86 bits per heavy atom. The summed E-state index contributed by atoms with van der Waals surface area (Å²) in [5.41, 5.74) is 4.83. The lowest BCUT2D eigenvalue weighted by atomic mass is 10.0. The van der Waals surface area contributed by atoms with Gasteiger partial charge in [-0.3, -0.25) is 4.57 Å². The van der Waals surface area contributed by atoms with Crippen molar-refractivity contribution in [3.8, 4) is 11.7 Å². The van der Waals surface area contributed by atoms with Crippen molar-refractivity contribution in [1.29, 1.82) is 0 Å². The summed E-state index contributed by atoms with van der Waals surface area (Å²) < 4.78 is 59.8. The van der Waals surface area contributed by atoms with Crippen LogP contribution in [0.3, 0.4) is 0 Å². The van der Waals surface area contributed by atoms with Crippen molar-refractivity contribution in [3.63, 3.8) is 0 Å². The molecular weight excluding hydrogens is 384 g/mol. The molecule has 3 aromatic rings. The highest BCUT2D eigenvalue weighted by molar-refractivity contribution is 5.95. The fourth-order valence-corrected chi connectivity index (χ4v) is 3.13. The first-order valence-corrected chi connectivity index (χ1v) is 8.36. The third kappa shape index (κ3) is 3.14. The summed E-state index contributed by atoms with van der Waals surface area (Å²) in [7, 11) is 0. The second-order valence-corrected chi connectivity index (χ2v) is 6.47. The van der Waals surface area contributed by atoms with E-state index in [1.54, 1.807) is 0 Å². The molecule has 0 aromatic carbocycles. The molecule has 0 aliphatic carbocycles. The average molecular weight is 400 g/mol. The lowest BCUT2D eigenvalue weighted by Gasteiger charge is -2.30. The predicted octanol–water partition coefficient (Wildman–Crippen LogP) is 2.14. The first-order valence-electron chi connectivity index (χ1n) is 8.36. The average Bonchev–Trinajstić information content (AvgIpc) is 3.27. The molecule has 1 fully saturated rings. The molecule has 28 heavy (non-hydrogen) atoms. The lowest BCUT2D eigenvalue weighted by molar-refractivity contribution is -0.140. The number of rotatable bonds is 3. The Kier molecular flexibility index (Phi) is 4.38. The van der Waals surface area contributed by atoms with Gasteiger partial charge in [-0.25, -0.2) is 14.4 Å². The number of halogens is 4. The van der Waals surface area contributed by atoms with E-state index in [2.05, 4.69) is 20.3 Å². The molecule has 4 rings (SSSR count). The number of aromatic amines is 1. The predicted molar refractivity (Wildman–Crippen MR) is 90.7 cm³/mol. The van der Waals surface area contributed by atoms with Gasteiger partial charge < -0.3 is 25.9 Å². The Morgan fingerprint density at radius 1 is 1.39 bits per heavy atom. The van der Waals surface area contributed by atoms with Crippen LogP contribution in [0.5, 0.6) is 5.88 Å². The first-order chi connectivity index (χ1) is 13.3. The third-order valence-electron chi connectivity index (χ3n) is 4.59. The molecule has 150 valence electrons. The normalized spacial score (nSPS) is 20.6. The molecule has 3 aromatic heterocycles. The molecule has 1 aliphatic rings. The maximum absolute atomic E-state index is 14.9. The van der Waals surface area contributed by atoms with Crippen LogP contribution < -0.4 is 11.1 Å². The van der Waals surface area contributed by atoms with Crippen molar-refractivity contribution in [3.05, 3.63) is 30.2 Å². The summed E-state index contributed by atoms with van der Waals surface area (Å²) >= 11 is 0. The van der Waals surface area contributed by atoms with E-state index < -0.39 is 29.6 Å². The minimum atomic E-state index is -4.65. The Balaban J connectivity index is 1.82. The quantitative estimate of drug-likeness (QED) is 0.501. The number of alkyl halides is 3. The molecule has 1 aliphatic heterocycles. The number of aromatic nitrogens is 4. The van der Waals surface area contributed by atoms with E-state index in [0.717, 1.165) is 17.1 Å². The van der Waals surface area contributed by atoms with Gasteiger partial charge in [0, 0.05) is 36.5 Å². The summed E-state index contributed by atoms with van der Waals surface area (Å²) in [4.78, 5) is 9.89. The van der Waals surface area contributed by atoms with Crippen molar-refractivity contribution < 1.29 is 27.4 Å².